The van der Waals surface area contributed by atoms with Crippen LogP contribution in [0.1, 0.15) is 22.3 Å². The molecule has 2 rings (SSSR count). The Labute approximate surface area is 117 Å². The van der Waals surface area contributed by atoms with Crippen LogP contribution < -0.4 is 4.74 Å². The summed E-state index contributed by atoms with van der Waals surface area (Å²) in [7, 11) is 1.57. The fraction of sp³-hybridized carbons (Fsp3) is 0.267. The van der Waals surface area contributed by atoms with Gasteiger partial charge in [-0.05, 0) is 24.5 Å². The average molecular weight is 275 g/mol. The van der Waals surface area contributed by atoms with Crippen molar-refractivity contribution in [3.63, 3.8) is 0 Å². The van der Waals surface area contributed by atoms with Crippen molar-refractivity contribution in [2.24, 2.45) is 0 Å². The van der Waals surface area contributed by atoms with Gasteiger partial charge in [-0.25, -0.2) is 0 Å². The lowest BCUT2D eigenvalue weighted by Crippen LogP contribution is -2.00. The van der Waals surface area contributed by atoms with Gasteiger partial charge >= 0.3 is 0 Å². The van der Waals surface area contributed by atoms with Gasteiger partial charge in [-0.2, -0.15) is 0 Å². The molecule has 0 bridgehead atoms. The maximum absolute atomic E-state index is 10.7. The molecule has 20 heavy (non-hydrogen) atoms. The van der Waals surface area contributed by atoms with E-state index < -0.39 is 0 Å². The zero-order valence-electron chi connectivity index (χ0n) is 11.2. The van der Waals surface area contributed by atoms with E-state index in [0.29, 0.717) is 17.9 Å². The normalized spacial score (nSPS) is 10.4. The molecule has 2 N–H and O–H groups in total. The first-order chi connectivity index (χ1) is 9.65. The summed E-state index contributed by atoms with van der Waals surface area (Å²) in [6, 6.07) is 8.21. The number of methoxy groups -OCH3 is 1. The van der Waals surface area contributed by atoms with E-state index in [-0.39, 0.29) is 11.8 Å². The van der Waals surface area contributed by atoms with Gasteiger partial charge in [-0.15, -0.1) is 0 Å². The molecule has 0 spiro atoms. The van der Waals surface area contributed by atoms with Crippen LogP contribution in [0.5, 0.6) is 17.5 Å². The minimum atomic E-state index is 0.0470. The number of aryl methyl sites for hydroxylation is 1. The number of aldehydes is 1. The van der Waals surface area contributed by atoms with Crippen molar-refractivity contribution in [2.45, 2.75) is 19.4 Å². The molecule has 1 aromatic heterocycles. The largest absolute Gasteiger partial charge is 0.496 e. The van der Waals surface area contributed by atoms with Crippen LogP contribution in [0.3, 0.4) is 0 Å². The van der Waals surface area contributed by atoms with Gasteiger partial charge in [-0.3, -0.25) is 9.36 Å². The number of hydrogen-bond acceptors (Lipinski definition) is 4. The predicted molar refractivity (Wildman–Crippen MR) is 74.5 cm³/mol. The van der Waals surface area contributed by atoms with Crippen LogP contribution in [-0.4, -0.2) is 28.2 Å². The Morgan fingerprint density at radius 3 is 2.50 bits per heavy atom. The zero-order valence-corrected chi connectivity index (χ0v) is 11.2. The van der Waals surface area contributed by atoms with Gasteiger partial charge in [0.2, 0.25) is 0 Å². The molecule has 5 heteroatoms. The molecule has 0 aliphatic carbocycles. The third-order valence-corrected chi connectivity index (χ3v) is 3.21. The standard InChI is InChI=1S/C15H17NO4/c1-20-13-9-11(10-17)4-5-12(13)3-2-8-16-14(18)6-7-15(16)19/h4-7,9-10,18-19H,2-3,8H2,1H3. The summed E-state index contributed by atoms with van der Waals surface area (Å²) in [5.41, 5.74) is 1.57. The number of carbonyl (C=O) groups is 1. The second kappa shape index (κ2) is 6.14. The molecule has 2 aromatic rings. The fourth-order valence-electron chi connectivity index (χ4n) is 2.14. The van der Waals surface area contributed by atoms with E-state index in [0.717, 1.165) is 24.7 Å². The minimum absolute atomic E-state index is 0.0470. The van der Waals surface area contributed by atoms with E-state index in [1.54, 1.807) is 19.2 Å². The van der Waals surface area contributed by atoms with E-state index in [4.69, 9.17) is 4.74 Å². The van der Waals surface area contributed by atoms with Crippen molar-refractivity contribution in [2.75, 3.05) is 7.11 Å². The second-order valence-corrected chi connectivity index (χ2v) is 4.49. The molecule has 5 nitrogen and oxygen atoms in total. The maximum atomic E-state index is 10.7. The summed E-state index contributed by atoms with van der Waals surface area (Å²) in [5.74, 6) is 0.770. The SMILES string of the molecule is COc1cc(C=O)ccc1CCCn1c(O)ccc1O. The molecule has 0 saturated carbocycles. The van der Waals surface area contributed by atoms with Crippen LogP contribution in [0.15, 0.2) is 30.3 Å². The van der Waals surface area contributed by atoms with Crippen molar-refractivity contribution < 1.29 is 19.7 Å². The third kappa shape index (κ3) is 2.93. The lowest BCUT2D eigenvalue weighted by atomic mass is 10.1. The fourth-order valence-corrected chi connectivity index (χ4v) is 2.14. The molecule has 0 fully saturated rings. The van der Waals surface area contributed by atoms with Crippen LogP contribution >= 0.6 is 0 Å². The van der Waals surface area contributed by atoms with Gasteiger partial charge in [0.15, 0.2) is 11.8 Å². The Bertz CT molecular complexity index is 584. The number of aromatic nitrogens is 1. The van der Waals surface area contributed by atoms with Crippen molar-refractivity contribution in [3.05, 3.63) is 41.5 Å². The summed E-state index contributed by atoms with van der Waals surface area (Å²) in [5, 5.41) is 19.1. The molecule has 0 saturated heterocycles. The van der Waals surface area contributed by atoms with Crippen LogP contribution in [0.4, 0.5) is 0 Å². The van der Waals surface area contributed by atoms with Crippen molar-refractivity contribution in [1.82, 2.24) is 4.57 Å². The molecular formula is C15H17NO4. The number of carbonyl (C=O) groups excluding carboxylic acids is 1. The minimum Gasteiger partial charge on any atom is -0.496 e. The molecular weight excluding hydrogens is 258 g/mol. The molecule has 0 atom stereocenters. The Morgan fingerprint density at radius 2 is 1.90 bits per heavy atom. The highest BCUT2D eigenvalue weighted by Gasteiger charge is 2.07. The molecule has 0 amide bonds. The summed E-state index contributed by atoms with van der Waals surface area (Å²) >= 11 is 0. The first-order valence-corrected chi connectivity index (χ1v) is 6.35. The highest BCUT2D eigenvalue weighted by Crippen LogP contribution is 2.24. The molecule has 0 radical (unpaired) electrons. The van der Waals surface area contributed by atoms with E-state index >= 15 is 0 Å². The van der Waals surface area contributed by atoms with Crippen LogP contribution in [0.25, 0.3) is 0 Å². The topological polar surface area (TPSA) is 71.7 Å². The van der Waals surface area contributed by atoms with Crippen LogP contribution in [-0.2, 0) is 13.0 Å². The van der Waals surface area contributed by atoms with E-state index in [1.165, 1.54) is 16.7 Å². The number of nitrogens with zero attached hydrogens (tertiary/aromatic N) is 1. The van der Waals surface area contributed by atoms with Crippen LogP contribution in [0.2, 0.25) is 0 Å². The zero-order chi connectivity index (χ0) is 14.5. The van der Waals surface area contributed by atoms with Gasteiger partial charge < -0.3 is 14.9 Å². The first-order valence-electron chi connectivity index (χ1n) is 6.35. The smallest absolute Gasteiger partial charge is 0.193 e. The monoisotopic (exact) mass is 275 g/mol. The number of benzene rings is 1. The lowest BCUT2D eigenvalue weighted by Gasteiger charge is -2.10. The number of rotatable bonds is 6. The maximum Gasteiger partial charge on any atom is 0.193 e. The van der Waals surface area contributed by atoms with Gasteiger partial charge in [0, 0.05) is 24.2 Å². The summed E-state index contributed by atoms with van der Waals surface area (Å²) < 4.78 is 6.70. The summed E-state index contributed by atoms with van der Waals surface area (Å²) in [4.78, 5) is 10.7. The highest BCUT2D eigenvalue weighted by molar-refractivity contribution is 5.75. The summed E-state index contributed by atoms with van der Waals surface area (Å²) in [6.07, 6.45) is 2.23. The highest BCUT2D eigenvalue weighted by atomic mass is 16.5. The van der Waals surface area contributed by atoms with E-state index in [9.17, 15) is 15.0 Å². The average Bonchev–Trinajstić information content (AvgIpc) is 2.79. The van der Waals surface area contributed by atoms with Gasteiger partial charge in [0.05, 0.1) is 7.11 Å². The molecule has 106 valence electrons. The number of hydrogen-bond donors (Lipinski definition) is 2. The Balaban J connectivity index is 2.02. The number of ether oxygens (including phenoxy) is 1. The first kappa shape index (κ1) is 14.0. The molecule has 0 aliphatic rings. The second-order valence-electron chi connectivity index (χ2n) is 4.49. The van der Waals surface area contributed by atoms with Crippen molar-refractivity contribution in [3.8, 4) is 17.5 Å². The van der Waals surface area contributed by atoms with Gasteiger partial charge in [-0.1, -0.05) is 12.1 Å². The molecule has 1 aromatic carbocycles. The molecule has 0 unspecified atom stereocenters. The summed E-state index contributed by atoms with van der Waals surface area (Å²) in [6.45, 7) is 0.503. The Kier molecular flexibility index (Phi) is 4.30. The quantitative estimate of drug-likeness (QED) is 0.794. The Hall–Kier alpha value is -2.43. The van der Waals surface area contributed by atoms with Crippen molar-refractivity contribution >= 4 is 6.29 Å². The van der Waals surface area contributed by atoms with E-state index in [1.807, 2.05) is 6.07 Å². The van der Waals surface area contributed by atoms with Crippen molar-refractivity contribution in [1.29, 1.82) is 0 Å². The Morgan fingerprint density at radius 1 is 1.20 bits per heavy atom. The number of aromatic hydroxyl groups is 2. The molecule has 0 aliphatic heterocycles. The van der Waals surface area contributed by atoms with Crippen LogP contribution in [0, 0.1) is 0 Å². The predicted octanol–water partition coefficient (Wildman–Crippen LogP) is 2.35. The third-order valence-electron chi connectivity index (χ3n) is 3.21. The van der Waals surface area contributed by atoms with E-state index in [2.05, 4.69) is 0 Å². The van der Waals surface area contributed by atoms with Gasteiger partial charge in [0.1, 0.15) is 12.0 Å². The van der Waals surface area contributed by atoms with Gasteiger partial charge in [0.25, 0.3) is 0 Å². The lowest BCUT2D eigenvalue weighted by molar-refractivity contribution is 0.112. The molecule has 1 heterocycles.